The summed E-state index contributed by atoms with van der Waals surface area (Å²) in [5.74, 6) is 0. The lowest BCUT2D eigenvalue weighted by Gasteiger charge is -2.28. The molecule has 0 bridgehead atoms. The first-order valence-corrected chi connectivity index (χ1v) is 6.89. The molecule has 0 spiro atoms. The number of nitrogens with one attached hydrogen (secondary N) is 1. The van der Waals surface area contributed by atoms with Gasteiger partial charge in [-0.1, -0.05) is 6.92 Å². The van der Waals surface area contributed by atoms with Crippen molar-refractivity contribution in [3.63, 3.8) is 0 Å². The topological polar surface area (TPSA) is 21.3 Å². The van der Waals surface area contributed by atoms with Gasteiger partial charge in [-0.15, -0.1) is 0 Å². The zero-order valence-corrected chi connectivity index (χ0v) is 11.3. The fourth-order valence-corrected chi connectivity index (χ4v) is 3.17. The minimum atomic E-state index is 0.127. The molecule has 2 nitrogen and oxygen atoms in total. The third kappa shape index (κ3) is 2.60. The smallest absolute Gasteiger partial charge is 0.0631 e. The van der Waals surface area contributed by atoms with E-state index < -0.39 is 0 Å². The van der Waals surface area contributed by atoms with Gasteiger partial charge in [-0.25, -0.2) is 0 Å². The molecule has 2 aliphatic rings. The molecule has 1 aliphatic heterocycles. The Morgan fingerprint density at radius 1 is 1.31 bits per heavy atom. The summed E-state index contributed by atoms with van der Waals surface area (Å²) in [6.45, 7) is 10.1. The van der Waals surface area contributed by atoms with Gasteiger partial charge < -0.3 is 10.1 Å². The molecule has 2 heteroatoms. The van der Waals surface area contributed by atoms with E-state index >= 15 is 0 Å². The summed E-state index contributed by atoms with van der Waals surface area (Å²) in [7, 11) is 0. The molecule has 16 heavy (non-hydrogen) atoms. The van der Waals surface area contributed by atoms with Crippen molar-refractivity contribution in [1.29, 1.82) is 0 Å². The van der Waals surface area contributed by atoms with Crippen LogP contribution in [0.2, 0.25) is 0 Å². The van der Waals surface area contributed by atoms with E-state index in [1.54, 1.807) is 0 Å². The Hall–Kier alpha value is -0.0800. The highest BCUT2D eigenvalue weighted by Gasteiger charge is 2.49. The van der Waals surface area contributed by atoms with Gasteiger partial charge in [0.25, 0.3) is 0 Å². The predicted octanol–water partition coefficient (Wildman–Crippen LogP) is 3.11. The van der Waals surface area contributed by atoms with Gasteiger partial charge >= 0.3 is 0 Å². The molecule has 2 atom stereocenters. The van der Waals surface area contributed by atoms with Gasteiger partial charge in [0.15, 0.2) is 0 Å². The van der Waals surface area contributed by atoms with Crippen molar-refractivity contribution < 1.29 is 4.74 Å². The highest BCUT2D eigenvalue weighted by atomic mass is 16.5. The van der Waals surface area contributed by atoms with Crippen molar-refractivity contribution in [1.82, 2.24) is 5.32 Å². The zero-order valence-electron chi connectivity index (χ0n) is 11.3. The Morgan fingerprint density at radius 2 is 2.00 bits per heavy atom. The van der Waals surface area contributed by atoms with Gasteiger partial charge in [0, 0.05) is 6.04 Å². The largest absolute Gasteiger partial charge is 0.372 e. The van der Waals surface area contributed by atoms with E-state index in [0.717, 1.165) is 6.54 Å². The summed E-state index contributed by atoms with van der Waals surface area (Å²) in [6, 6.07) is 0.657. The van der Waals surface area contributed by atoms with Crippen LogP contribution in [-0.4, -0.2) is 24.3 Å². The highest BCUT2D eigenvalue weighted by molar-refractivity contribution is 5.02. The van der Waals surface area contributed by atoms with Gasteiger partial charge in [0.05, 0.1) is 11.7 Å². The third-order valence-corrected chi connectivity index (χ3v) is 4.51. The Balaban J connectivity index is 1.85. The van der Waals surface area contributed by atoms with Crippen LogP contribution >= 0.6 is 0 Å². The number of hydrogen-bond acceptors (Lipinski definition) is 2. The fourth-order valence-electron chi connectivity index (χ4n) is 3.17. The van der Waals surface area contributed by atoms with Crippen LogP contribution in [0.25, 0.3) is 0 Å². The van der Waals surface area contributed by atoms with E-state index in [9.17, 15) is 0 Å². The molecule has 1 saturated heterocycles. The minimum absolute atomic E-state index is 0.127. The van der Waals surface area contributed by atoms with Crippen LogP contribution in [-0.2, 0) is 4.74 Å². The molecule has 2 unspecified atom stereocenters. The third-order valence-electron chi connectivity index (χ3n) is 4.51. The first kappa shape index (κ1) is 12.4. The molecule has 0 aromatic heterocycles. The maximum atomic E-state index is 6.13. The molecule has 2 fully saturated rings. The molecule has 1 N–H and O–H groups in total. The van der Waals surface area contributed by atoms with Crippen LogP contribution in [0.5, 0.6) is 0 Å². The van der Waals surface area contributed by atoms with Crippen molar-refractivity contribution >= 4 is 0 Å². The Bertz CT molecular complexity index is 245. The van der Waals surface area contributed by atoms with Crippen molar-refractivity contribution in [2.75, 3.05) is 6.54 Å². The summed E-state index contributed by atoms with van der Waals surface area (Å²) < 4.78 is 6.13. The highest BCUT2D eigenvalue weighted by Crippen LogP contribution is 2.54. The predicted molar refractivity (Wildman–Crippen MR) is 67.6 cm³/mol. The van der Waals surface area contributed by atoms with E-state index in [-0.39, 0.29) is 5.60 Å². The maximum Gasteiger partial charge on any atom is 0.0631 e. The molecule has 94 valence electrons. The molecular formula is C14H27NO. The first-order chi connectivity index (χ1) is 7.47. The molecule has 0 radical (unpaired) electrons. The zero-order chi connectivity index (χ0) is 11.8. The molecule has 0 aromatic carbocycles. The van der Waals surface area contributed by atoms with Gasteiger partial charge in [-0.2, -0.15) is 0 Å². The van der Waals surface area contributed by atoms with E-state index in [0.29, 0.717) is 17.6 Å². The summed E-state index contributed by atoms with van der Waals surface area (Å²) in [5.41, 5.74) is 0.684. The summed E-state index contributed by atoms with van der Waals surface area (Å²) >= 11 is 0. The molecule has 1 heterocycles. The molecule has 0 aromatic rings. The van der Waals surface area contributed by atoms with Gasteiger partial charge in [-0.05, 0) is 64.8 Å². The van der Waals surface area contributed by atoms with Crippen molar-refractivity contribution in [3.05, 3.63) is 0 Å². The Labute approximate surface area is 100 Å². The molecule has 1 aliphatic carbocycles. The molecule has 1 saturated carbocycles. The number of ether oxygens (including phenoxy) is 1. The fraction of sp³-hybridized carbons (Fsp3) is 1.00. The van der Waals surface area contributed by atoms with E-state index in [4.69, 9.17) is 4.74 Å². The summed E-state index contributed by atoms with van der Waals surface area (Å²) in [5, 5.41) is 3.59. The van der Waals surface area contributed by atoms with Crippen LogP contribution in [0.4, 0.5) is 0 Å². The number of hydrogen-bond donors (Lipinski definition) is 1. The monoisotopic (exact) mass is 225 g/mol. The van der Waals surface area contributed by atoms with Gasteiger partial charge in [0.2, 0.25) is 0 Å². The Morgan fingerprint density at radius 3 is 2.44 bits per heavy atom. The Kier molecular flexibility index (Phi) is 3.33. The van der Waals surface area contributed by atoms with Gasteiger partial charge in [0.1, 0.15) is 0 Å². The van der Waals surface area contributed by atoms with Crippen molar-refractivity contribution in [3.8, 4) is 0 Å². The van der Waals surface area contributed by atoms with Crippen LogP contribution in [0.15, 0.2) is 0 Å². The van der Waals surface area contributed by atoms with Crippen LogP contribution in [0, 0.1) is 5.41 Å². The summed E-state index contributed by atoms with van der Waals surface area (Å²) in [6.07, 6.45) is 7.04. The average Bonchev–Trinajstić information content (AvgIpc) is 2.88. The second-order valence-electron chi connectivity index (χ2n) is 6.38. The SMILES string of the molecule is CCNC(C)C1(CC2CCC(C)(C)O2)CC1. The normalized spacial score (nSPS) is 32.6. The quantitative estimate of drug-likeness (QED) is 0.776. The maximum absolute atomic E-state index is 6.13. The lowest BCUT2D eigenvalue weighted by atomic mass is 9.90. The van der Waals surface area contributed by atoms with E-state index in [1.165, 1.54) is 32.1 Å². The summed E-state index contributed by atoms with van der Waals surface area (Å²) in [4.78, 5) is 0. The molecule has 0 amide bonds. The minimum Gasteiger partial charge on any atom is -0.372 e. The van der Waals surface area contributed by atoms with Crippen molar-refractivity contribution in [2.45, 2.75) is 77.5 Å². The van der Waals surface area contributed by atoms with Crippen LogP contribution in [0.1, 0.15) is 59.8 Å². The van der Waals surface area contributed by atoms with E-state index in [2.05, 4.69) is 33.0 Å². The molecular weight excluding hydrogens is 198 g/mol. The lowest BCUT2D eigenvalue weighted by Crippen LogP contribution is -2.37. The molecule has 2 rings (SSSR count). The second-order valence-corrected chi connectivity index (χ2v) is 6.38. The second kappa shape index (κ2) is 4.30. The van der Waals surface area contributed by atoms with E-state index in [1.807, 2.05) is 0 Å². The van der Waals surface area contributed by atoms with Crippen molar-refractivity contribution in [2.24, 2.45) is 5.41 Å². The van der Waals surface area contributed by atoms with Crippen LogP contribution < -0.4 is 5.32 Å². The number of rotatable bonds is 5. The lowest BCUT2D eigenvalue weighted by molar-refractivity contribution is -0.0285. The average molecular weight is 225 g/mol. The van der Waals surface area contributed by atoms with Gasteiger partial charge in [-0.3, -0.25) is 0 Å². The standard InChI is InChI=1S/C14H27NO/c1-5-15-11(2)14(8-9-14)10-12-6-7-13(3,4)16-12/h11-12,15H,5-10H2,1-4H3. The van der Waals surface area contributed by atoms with Crippen LogP contribution in [0.3, 0.4) is 0 Å². The first-order valence-electron chi connectivity index (χ1n) is 6.89.